The molecule has 0 rings (SSSR count). The van der Waals surface area contributed by atoms with E-state index >= 15 is 0 Å². The van der Waals surface area contributed by atoms with Crippen LogP contribution in [-0.4, -0.2) is 11.7 Å². The Hall–Kier alpha value is -0.730. The number of aliphatic hydroxyl groups excluding tert-OH is 1. The SMILES string of the molecule is CCCO.N=[N+]=N. The second kappa shape index (κ2) is 18.6. The molecule has 0 aliphatic carbocycles. The summed E-state index contributed by atoms with van der Waals surface area (Å²) in [6.07, 6.45) is 0.875. The summed E-state index contributed by atoms with van der Waals surface area (Å²) in [7, 11) is 0. The van der Waals surface area contributed by atoms with Gasteiger partial charge in [-0.25, -0.2) is 0 Å². The number of nitrogens with one attached hydrogen (secondary N) is 2. The van der Waals surface area contributed by atoms with Crippen LogP contribution < -0.4 is 4.91 Å². The highest BCUT2D eigenvalue weighted by atomic mass is 16.2. The van der Waals surface area contributed by atoms with Crippen LogP contribution in [0, 0.1) is 11.1 Å². The lowest BCUT2D eigenvalue weighted by Crippen LogP contribution is -1.69. The maximum atomic E-state index is 7.88. The van der Waals surface area contributed by atoms with Crippen molar-refractivity contribution in [2.75, 3.05) is 6.61 Å². The van der Waals surface area contributed by atoms with E-state index in [0.29, 0.717) is 6.61 Å². The van der Waals surface area contributed by atoms with Crippen LogP contribution >= 0.6 is 0 Å². The summed E-state index contributed by atoms with van der Waals surface area (Å²) in [6.45, 7) is 2.25. The second-order valence-corrected chi connectivity index (χ2v) is 0.835. The molecule has 0 amide bonds. The first-order valence-corrected chi connectivity index (χ1v) is 1.97. The lowest BCUT2D eigenvalue weighted by Gasteiger charge is -1.69. The van der Waals surface area contributed by atoms with Crippen molar-refractivity contribution in [2.45, 2.75) is 13.3 Å². The van der Waals surface area contributed by atoms with E-state index in [1.165, 1.54) is 0 Å². The topological polar surface area (TPSA) is 82.0 Å². The zero-order chi connectivity index (χ0) is 6.12. The highest BCUT2D eigenvalue weighted by molar-refractivity contribution is 4.10. The highest BCUT2D eigenvalue weighted by Crippen LogP contribution is 1.61. The summed E-state index contributed by atoms with van der Waals surface area (Å²) in [4.78, 5) is 2.00. The fourth-order valence-corrected chi connectivity index (χ4v) is 0. The van der Waals surface area contributed by atoms with Crippen molar-refractivity contribution in [3.63, 3.8) is 0 Å². The van der Waals surface area contributed by atoms with Crippen molar-refractivity contribution in [1.29, 1.82) is 11.1 Å². The third-order valence-electron chi connectivity index (χ3n) is 0.224. The molecule has 0 aliphatic rings. The Labute approximate surface area is 42.2 Å². The third-order valence-corrected chi connectivity index (χ3v) is 0.224. The molecule has 4 heteroatoms. The largest absolute Gasteiger partial charge is 0.396 e. The first-order valence-electron chi connectivity index (χ1n) is 1.97. The quantitative estimate of drug-likeness (QED) is 0.328. The van der Waals surface area contributed by atoms with E-state index in [2.05, 4.69) is 0 Å². The van der Waals surface area contributed by atoms with Crippen LogP contribution in [0.5, 0.6) is 0 Å². The van der Waals surface area contributed by atoms with Gasteiger partial charge in [-0.3, -0.25) is 0 Å². The van der Waals surface area contributed by atoms with E-state index in [1.807, 2.05) is 11.8 Å². The van der Waals surface area contributed by atoms with E-state index in [0.717, 1.165) is 6.42 Å². The molecule has 0 bridgehead atoms. The van der Waals surface area contributed by atoms with Gasteiger partial charge in [0, 0.05) is 6.61 Å². The monoisotopic (exact) mass is 104 g/mol. The minimum atomic E-state index is 0.319. The smallest absolute Gasteiger partial charge is 0.211 e. The average Bonchev–Trinajstić information content (AvgIpc) is 1.69. The molecule has 0 spiro atoms. The fourth-order valence-electron chi connectivity index (χ4n) is 0. The highest BCUT2D eigenvalue weighted by Gasteiger charge is 1.57. The Morgan fingerprint density at radius 3 is 1.71 bits per heavy atom. The molecule has 7 heavy (non-hydrogen) atoms. The Balaban J connectivity index is 0. The first-order chi connectivity index (χ1) is 3.33. The maximum Gasteiger partial charge on any atom is 0.211 e. The molecule has 0 aliphatic heterocycles. The normalized spacial score (nSPS) is 5.43. The number of aliphatic hydroxyl groups is 1. The van der Waals surface area contributed by atoms with Crippen molar-refractivity contribution >= 4 is 0 Å². The van der Waals surface area contributed by atoms with Gasteiger partial charge in [-0.15, -0.1) is 0 Å². The molecular weight excluding hydrogens is 94.1 g/mol. The number of hydrogen-bond donors (Lipinski definition) is 3. The Morgan fingerprint density at radius 1 is 1.57 bits per heavy atom. The van der Waals surface area contributed by atoms with Crippen LogP contribution in [0.15, 0.2) is 0 Å². The van der Waals surface area contributed by atoms with Gasteiger partial charge < -0.3 is 5.11 Å². The molecule has 42 valence electrons. The summed E-state index contributed by atoms with van der Waals surface area (Å²) >= 11 is 0. The molecule has 0 radical (unpaired) electrons. The van der Waals surface area contributed by atoms with Crippen LogP contribution in [0.3, 0.4) is 0 Å². The lowest BCUT2D eigenvalue weighted by molar-refractivity contribution is 0.295. The molecule has 0 unspecified atom stereocenters. The Kier molecular flexibility index (Phi) is 25.4. The van der Waals surface area contributed by atoms with Gasteiger partial charge in [0.2, 0.25) is 4.91 Å². The molecule has 0 atom stereocenters. The van der Waals surface area contributed by atoms with Crippen LogP contribution in [0.1, 0.15) is 13.3 Å². The van der Waals surface area contributed by atoms with Gasteiger partial charge in [0.05, 0.1) is 0 Å². The van der Waals surface area contributed by atoms with Gasteiger partial charge in [-0.2, -0.15) is 0 Å². The summed E-state index contributed by atoms with van der Waals surface area (Å²) in [5.74, 6) is 0. The van der Waals surface area contributed by atoms with Crippen molar-refractivity contribution in [1.82, 2.24) is 4.91 Å². The molecular formula is C3H10N3O+. The number of nitrogens with zero attached hydrogens (tertiary/aromatic N) is 1. The molecule has 0 heterocycles. The summed E-state index contributed by atoms with van der Waals surface area (Å²) in [5.41, 5.74) is 11.0. The van der Waals surface area contributed by atoms with Crippen molar-refractivity contribution in [2.24, 2.45) is 0 Å². The van der Waals surface area contributed by atoms with Crippen LogP contribution in [0.25, 0.3) is 0 Å². The average molecular weight is 104 g/mol. The molecule has 0 saturated heterocycles. The van der Waals surface area contributed by atoms with E-state index in [1.54, 1.807) is 0 Å². The first kappa shape index (κ1) is 9.55. The zero-order valence-electron chi connectivity index (χ0n) is 4.31. The minimum absolute atomic E-state index is 0.319. The Bertz CT molecular complexity index is 46.1. The molecule has 0 saturated carbocycles. The van der Waals surface area contributed by atoms with Crippen molar-refractivity contribution in [3.05, 3.63) is 0 Å². The van der Waals surface area contributed by atoms with Crippen molar-refractivity contribution < 1.29 is 5.11 Å². The van der Waals surface area contributed by atoms with Crippen LogP contribution in [0.4, 0.5) is 0 Å². The number of hydrogen-bond acceptors (Lipinski definition) is 3. The van der Waals surface area contributed by atoms with Gasteiger partial charge in [0.1, 0.15) is 11.1 Å². The van der Waals surface area contributed by atoms with Gasteiger partial charge in [0.25, 0.3) is 0 Å². The zero-order valence-corrected chi connectivity index (χ0v) is 4.31. The summed E-state index contributed by atoms with van der Waals surface area (Å²) in [5, 5.41) is 7.88. The summed E-state index contributed by atoms with van der Waals surface area (Å²) < 4.78 is 0. The summed E-state index contributed by atoms with van der Waals surface area (Å²) in [6, 6.07) is 0. The van der Waals surface area contributed by atoms with Crippen LogP contribution in [-0.2, 0) is 0 Å². The van der Waals surface area contributed by atoms with E-state index in [4.69, 9.17) is 16.2 Å². The fraction of sp³-hybridized carbons (Fsp3) is 1.00. The van der Waals surface area contributed by atoms with Gasteiger partial charge in [-0.05, 0) is 6.42 Å². The van der Waals surface area contributed by atoms with Gasteiger partial charge >= 0.3 is 0 Å². The van der Waals surface area contributed by atoms with Gasteiger partial charge in [-0.1, -0.05) is 6.92 Å². The molecule has 0 aromatic rings. The Morgan fingerprint density at radius 2 is 1.71 bits per heavy atom. The predicted molar refractivity (Wildman–Crippen MR) is 25.0 cm³/mol. The van der Waals surface area contributed by atoms with Crippen molar-refractivity contribution in [3.8, 4) is 0 Å². The van der Waals surface area contributed by atoms with E-state index in [9.17, 15) is 0 Å². The third kappa shape index (κ3) is 773. The standard InChI is InChI=1S/C3H8O.H2N3/c1-2-3-4;1-3-2/h4H,2-3H2,1H3;1-2H/q;+1. The van der Waals surface area contributed by atoms with Gasteiger partial charge in [0.15, 0.2) is 0 Å². The molecule has 0 aromatic carbocycles. The lowest BCUT2D eigenvalue weighted by atomic mass is 10.5. The minimum Gasteiger partial charge on any atom is -0.396 e. The predicted octanol–water partition coefficient (Wildman–Crippen LogP) is 0.504. The molecule has 4 nitrogen and oxygen atoms in total. The molecule has 0 aromatic heterocycles. The van der Waals surface area contributed by atoms with Crippen LogP contribution in [0.2, 0.25) is 0 Å². The molecule has 0 fully saturated rings. The second-order valence-electron chi connectivity index (χ2n) is 0.835. The maximum absolute atomic E-state index is 7.88. The van der Waals surface area contributed by atoms with E-state index < -0.39 is 0 Å². The van der Waals surface area contributed by atoms with E-state index in [-0.39, 0.29) is 0 Å². The molecule has 3 N–H and O–H groups in total. The number of rotatable bonds is 1.